The molecule has 2 aromatic rings. The van der Waals surface area contributed by atoms with E-state index in [1.54, 1.807) is 18.5 Å². The van der Waals surface area contributed by atoms with Crippen molar-refractivity contribution in [2.75, 3.05) is 13.2 Å². The first-order valence-corrected chi connectivity index (χ1v) is 11.2. The van der Waals surface area contributed by atoms with E-state index in [0.717, 1.165) is 18.5 Å². The van der Waals surface area contributed by atoms with Crippen LogP contribution in [0, 0.1) is 0 Å². The Hall–Kier alpha value is -1.17. The average molecular weight is 353 g/mol. The molecule has 2 aromatic heterocycles. The highest BCUT2D eigenvalue weighted by Gasteiger charge is 2.36. The lowest BCUT2D eigenvalue weighted by Crippen LogP contribution is -2.41. The lowest BCUT2D eigenvalue weighted by molar-refractivity contribution is 0.233. The summed E-state index contributed by atoms with van der Waals surface area (Å²) in [7, 11) is -1.67. The molecule has 0 aliphatic carbocycles. The standard InChI is InChI=1S/C17H25ClN2O2Si/c1-17(2,3)23(4,5)22-10-6-9-21-13-11-15-16(20-12-13)14(18)7-8-19-15/h7-8,11-12H,6,9-10H2,1-5H3. The molecule has 0 fully saturated rings. The van der Waals surface area contributed by atoms with Crippen LogP contribution in [0.1, 0.15) is 27.2 Å². The second kappa shape index (κ2) is 7.15. The van der Waals surface area contributed by atoms with E-state index in [4.69, 9.17) is 20.8 Å². The second-order valence-electron chi connectivity index (χ2n) is 7.14. The first kappa shape index (κ1) is 18.2. The van der Waals surface area contributed by atoms with Crippen LogP contribution in [0.3, 0.4) is 0 Å². The van der Waals surface area contributed by atoms with Gasteiger partial charge < -0.3 is 9.16 Å². The molecule has 4 nitrogen and oxygen atoms in total. The highest BCUT2D eigenvalue weighted by Crippen LogP contribution is 2.36. The normalized spacial score (nSPS) is 12.6. The number of rotatable bonds is 6. The molecule has 0 aromatic carbocycles. The molecular weight excluding hydrogens is 328 g/mol. The van der Waals surface area contributed by atoms with E-state index in [2.05, 4.69) is 43.8 Å². The minimum Gasteiger partial charge on any atom is -0.492 e. The number of halogens is 1. The third kappa shape index (κ3) is 4.65. The molecule has 0 aliphatic heterocycles. The number of nitrogens with zero attached hydrogens (tertiary/aromatic N) is 2. The minimum absolute atomic E-state index is 0.237. The zero-order valence-corrected chi connectivity index (χ0v) is 16.3. The molecule has 0 radical (unpaired) electrons. The highest BCUT2D eigenvalue weighted by molar-refractivity contribution is 6.74. The highest BCUT2D eigenvalue weighted by atomic mass is 35.5. The van der Waals surface area contributed by atoms with Crippen molar-refractivity contribution in [2.24, 2.45) is 0 Å². The van der Waals surface area contributed by atoms with Gasteiger partial charge in [-0.05, 0) is 24.2 Å². The number of pyridine rings is 2. The van der Waals surface area contributed by atoms with Gasteiger partial charge in [-0.1, -0.05) is 32.4 Å². The van der Waals surface area contributed by atoms with Crippen LogP contribution < -0.4 is 4.74 Å². The molecule has 23 heavy (non-hydrogen) atoms. The summed E-state index contributed by atoms with van der Waals surface area (Å²) in [5, 5.41) is 0.838. The van der Waals surface area contributed by atoms with E-state index in [0.29, 0.717) is 22.9 Å². The van der Waals surface area contributed by atoms with Crippen LogP contribution in [0.15, 0.2) is 24.5 Å². The third-order valence-electron chi connectivity index (χ3n) is 4.33. The zero-order chi connectivity index (χ0) is 17.1. The Morgan fingerprint density at radius 3 is 2.61 bits per heavy atom. The molecule has 0 spiro atoms. The van der Waals surface area contributed by atoms with E-state index in [1.165, 1.54) is 0 Å². The van der Waals surface area contributed by atoms with Crippen molar-refractivity contribution < 1.29 is 9.16 Å². The van der Waals surface area contributed by atoms with Crippen molar-refractivity contribution in [3.05, 3.63) is 29.5 Å². The van der Waals surface area contributed by atoms with E-state index in [-0.39, 0.29) is 5.04 Å². The van der Waals surface area contributed by atoms with Crippen molar-refractivity contribution in [3.8, 4) is 5.75 Å². The summed E-state index contributed by atoms with van der Waals surface area (Å²) in [5.74, 6) is 0.708. The molecule has 0 saturated heterocycles. The van der Waals surface area contributed by atoms with Gasteiger partial charge in [-0.2, -0.15) is 0 Å². The zero-order valence-electron chi connectivity index (χ0n) is 14.5. The molecule has 0 aliphatic rings. The van der Waals surface area contributed by atoms with Crippen LogP contribution in [0.2, 0.25) is 23.2 Å². The quantitative estimate of drug-likeness (QED) is 0.537. The topological polar surface area (TPSA) is 44.2 Å². The van der Waals surface area contributed by atoms with Crippen LogP contribution in [-0.4, -0.2) is 31.5 Å². The van der Waals surface area contributed by atoms with Crippen LogP contribution in [0.4, 0.5) is 0 Å². The number of fused-ring (bicyclic) bond motifs is 1. The maximum Gasteiger partial charge on any atom is 0.191 e. The maximum atomic E-state index is 6.13. The summed E-state index contributed by atoms with van der Waals surface area (Å²) in [6, 6.07) is 3.60. The van der Waals surface area contributed by atoms with Gasteiger partial charge in [0.25, 0.3) is 0 Å². The average Bonchev–Trinajstić information content (AvgIpc) is 2.46. The Balaban J connectivity index is 1.83. The van der Waals surface area contributed by atoms with Gasteiger partial charge in [0.2, 0.25) is 0 Å². The fraction of sp³-hybridized carbons (Fsp3) is 0.529. The lowest BCUT2D eigenvalue weighted by Gasteiger charge is -2.36. The summed E-state index contributed by atoms with van der Waals surface area (Å²) in [6.45, 7) is 12.6. The van der Waals surface area contributed by atoms with Crippen LogP contribution in [0.5, 0.6) is 5.75 Å². The Labute approximate surface area is 144 Å². The molecule has 6 heteroatoms. The molecule has 0 bridgehead atoms. The van der Waals surface area contributed by atoms with Gasteiger partial charge in [0.15, 0.2) is 8.32 Å². The van der Waals surface area contributed by atoms with Crippen molar-refractivity contribution >= 4 is 31.0 Å². The smallest absolute Gasteiger partial charge is 0.191 e. The van der Waals surface area contributed by atoms with Crippen molar-refractivity contribution in [2.45, 2.75) is 45.3 Å². The summed E-state index contributed by atoms with van der Waals surface area (Å²) in [6.07, 6.45) is 4.21. The Kier molecular flexibility index (Phi) is 5.65. The number of hydrogen-bond acceptors (Lipinski definition) is 4. The summed E-state index contributed by atoms with van der Waals surface area (Å²) < 4.78 is 11.9. The van der Waals surface area contributed by atoms with E-state index < -0.39 is 8.32 Å². The van der Waals surface area contributed by atoms with Gasteiger partial charge in [-0.25, -0.2) is 4.98 Å². The number of hydrogen-bond donors (Lipinski definition) is 0. The Morgan fingerprint density at radius 2 is 1.91 bits per heavy atom. The lowest BCUT2D eigenvalue weighted by atomic mass is 10.2. The SMILES string of the molecule is CC(C)(C)[Si](C)(C)OCCCOc1cnc2c(Cl)ccnc2c1. The van der Waals surface area contributed by atoms with Crippen LogP contribution in [-0.2, 0) is 4.43 Å². The van der Waals surface area contributed by atoms with Gasteiger partial charge >= 0.3 is 0 Å². The van der Waals surface area contributed by atoms with Gasteiger partial charge in [0.05, 0.1) is 23.3 Å². The fourth-order valence-electron chi connectivity index (χ4n) is 1.85. The van der Waals surface area contributed by atoms with E-state index in [9.17, 15) is 0 Å². The fourth-order valence-corrected chi connectivity index (χ4v) is 3.14. The molecule has 0 amide bonds. The van der Waals surface area contributed by atoms with Gasteiger partial charge in [-0.15, -0.1) is 0 Å². The van der Waals surface area contributed by atoms with Gasteiger partial charge in [-0.3, -0.25) is 4.98 Å². The molecule has 0 saturated carbocycles. The molecule has 0 atom stereocenters. The summed E-state index contributed by atoms with van der Waals surface area (Å²) >= 11 is 6.08. The van der Waals surface area contributed by atoms with Crippen LogP contribution in [0.25, 0.3) is 11.0 Å². The molecule has 126 valence electrons. The van der Waals surface area contributed by atoms with E-state index in [1.807, 2.05) is 6.07 Å². The summed E-state index contributed by atoms with van der Waals surface area (Å²) in [5.41, 5.74) is 1.44. The van der Waals surface area contributed by atoms with Crippen molar-refractivity contribution in [3.63, 3.8) is 0 Å². The second-order valence-corrected chi connectivity index (χ2v) is 12.4. The maximum absolute atomic E-state index is 6.13. The number of ether oxygens (including phenoxy) is 1. The molecule has 2 heterocycles. The minimum atomic E-state index is -1.67. The van der Waals surface area contributed by atoms with Gasteiger partial charge in [0.1, 0.15) is 11.3 Å². The van der Waals surface area contributed by atoms with Gasteiger partial charge in [0, 0.05) is 25.3 Å². The molecular formula is C17H25ClN2O2Si. The Bertz CT molecular complexity index is 671. The molecule has 0 unspecified atom stereocenters. The van der Waals surface area contributed by atoms with Crippen molar-refractivity contribution in [1.29, 1.82) is 0 Å². The Morgan fingerprint density at radius 1 is 1.17 bits per heavy atom. The molecule has 0 N–H and O–H groups in total. The van der Waals surface area contributed by atoms with Crippen LogP contribution >= 0.6 is 11.6 Å². The van der Waals surface area contributed by atoms with Crippen molar-refractivity contribution in [1.82, 2.24) is 9.97 Å². The first-order valence-electron chi connectivity index (χ1n) is 7.88. The number of aromatic nitrogens is 2. The largest absolute Gasteiger partial charge is 0.492 e. The monoisotopic (exact) mass is 352 g/mol. The van der Waals surface area contributed by atoms with E-state index >= 15 is 0 Å². The predicted octanol–water partition coefficient (Wildman–Crippen LogP) is 5.07. The summed E-state index contributed by atoms with van der Waals surface area (Å²) in [4.78, 5) is 8.57. The predicted molar refractivity (Wildman–Crippen MR) is 97.8 cm³/mol. The molecule has 2 rings (SSSR count). The third-order valence-corrected chi connectivity index (χ3v) is 9.17. The first-order chi connectivity index (χ1) is 10.7.